The highest BCUT2D eigenvalue weighted by Gasteiger charge is 2.28. The normalized spacial score (nSPS) is 15.6. The van der Waals surface area contributed by atoms with Crippen LogP contribution in [-0.4, -0.2) is 68.6 Å². The first-order chi connectivity index (χ1) is 13.4. The summed E-state index contributed by atoms with van der Waals surface area (Å²) < 4.78 is 0. The van der Waals surface area contributed by atoms with Gasteiger partial charge in [0.25, 0.3) is 5.91 Å². The summed E-state index contributed by atoms with van der Waals surface area (Å²) in [7, 11) is 2.98. The SMILES string of the molecule is CNC(=O)C(CCC=O)N(C)C(=O)c1ccc(N2CCC(N)CC2)cc1C=O. The Hall–Kier alpha value is -2.74. The van der Waals surface area contributed by atoms with Gasteiger partial charge >= 0.3 is 0 Å². The topological polar surface area (TPSA) is 113 Å². The van der Waals surface area contributed by atoms with Crippen molar-refractivity contribution >= 4 is 30.1 Å². The zero-order valence-electron chi connectivity index (χ0n) is 16.4. The molecular weight excluding hydrogens is 360 g/mol. The average molecular weight is 388 g/mol. The zero-order valence-corrected chi connectivity index (χ0v) is 16.4. The maximum atomic E-state index is 12.9. The van der Waals surface area contributed by atoms with Crippen molar-refractivity contribution in [2.75, 3.05) is 32.1 Å². The molecular formula is C20H28N4O4. The Morgan fingerprint density at radius 1 is 1.32 bits per heavy atom. The number of hydrogen-bond acceptors (Lipinski definition) is 6. The standard InChI is InChI=1S/C20H28N4O4/c1-22-19(27)18(4-3-11-25)23(2)20(28)17-6-5-16(12-14(17)13-26)24-9-7-15(21)8-10-24/h5-6,11-13,15,18H,3-4,7-10,21H2,1-2H3,(H,22,27). The average Bonchev–Trinajstić information content (AvgIpc) is 2.73. The maximum Gasteiger partial charge on any atom is 0.255 e. The van der Waals surface area contributed by atoms with Gasteiger partial charge in [0.15, 0.2) is 6.29 Å². The van der Waals surface area contributed by atoms with E-state index in [0.717, 1.165) is 31.6 Å². The van der Waals surface area contributed by atoms with Crippen molar-refractivity contribution in [1.29, 1.82) is 0 Å². The van der Waals surface area contributed by atoms with Crippen LogP contribution in [0.1, 0.15) is 46.4 Å². The van der Waals surface area contributed by atoms with E-state index in [1.807, 2.05) is 6.07 Å². The van der Waals surface area contributed by atoms with E-state index in [-0.39, 0.29) is 35.9 Å². The molecule has 8 nitrogen and oxygen atoms in total. The van der Waals surface area contributed by atoms with Crippen LogP contribution >= 0.6 is 0 Å². The van der Waals surface area contributed by atoms with Gasteiger partial charge in [0.1, 0.15) is 12.3 Å². The Kier molecular flexibility index (Phi) is 7.69. The predicted molar refractivity (Wildman–Crippen MR) is 106 cm³/mol. The van der Waals surface area contributed by atoms with Gasteiger partial charge < -0.3 is 25.6 Å². The van der Waals surface area contributed by atoms with Crippen molar-refractivity contribution in [1.82, 2.24) is 10.2 Å². The number of carbonyl (C=O) groups is 4. The van der Waals surface area contributed by atoms with E-state index in [9.17, 15) is 19.2 Å². The molecule has 28 heavy (non-hydrogen) atoms. The number of benzene rings is 1. The molecule has 1 aliphatic rings. The second-order valence-electron chi connectivity index (χ2n) is 7.00. The summed E-state index contributed by atoms with van der Waals surface area (Å²) in [4.78, 5) is 50.8. The van der Waals surface area contributed by atoms with Crippen LogP contribution < -0.4 is 16.0 Å². The lowest BCUT2D eigenvalue weighted by molar-refractivity contribution is -0.125. The molecule has 1 atom stereocenters. The van der Waals surface area contributed by atoms with Crippen molar-refractivity contribution in [2.24, 2.45) is 5.73 Å². The van der Waals surface area contributed by atoms with Crippen LogP contribution in [0.2, 0.25) is 0 Å². The molecule has 1 unspecified atom stereocenters. The summed E-state index contributed by atoms with van der Waals surface area (Å²) in [5.41, 5.74) is 7.32. The van der Waals surface area contributed by atoms with Crippen LogP contribution in [0.15, 0.2) is 18.2 Å². The molecule has 1 fully saturated rings. The van der Waals surface area contributed by atoms with Gasteiger partial charge in [-0.05, 0) is 37.5 Å². The molecule has 2 rings (SSSR count). The highest BCUT2D eigenvalue weighted by molar-refractivity contribution is 6.03. The van der Waals surface area contributed by atoms with Crippen molar-refractivity contribution in [2.45, 2.75) is 37.8 Å². The first-order valence-electron chi connectivity index (χ1n) is 9.45. The molecule has 0 radical (unpaired) electrons. The van der Waals surface area contributed by atoms with E-state index < -0.39 is 11.9 Å². The highest BCUT2D eigenvalue weighted by atomic mass is 16.2. The lowest BCUT2D eigenvalue weighted by Gasteiger charge is -2.32. The number of nitrogens with zero attached hydrogens (tertiary/aromatic N) is 2. The van der Waals surface area contributed by atoms with Gasteiger partial charge in [-0.1, -0.05) is 0 Å². The van der Waals surface area contributed by atoms with E-state index in [0.29, 0.717) is 12.6 Å². The van der Waals surface area contributed by atoms with Crippen LogP contribution in [0.5, 0.6) is 0 Å². The molecule has 1 aromatic carbocycles. The molecule has 1 aliphatic heterocycles. The summed E-state index contributed by atoms with van der Waals surface area (Å²) in [6, 6.07) is 4.54. The van der Waals surface area contributed by atoms with E-state index in [1.54, 1.807) is 12.1 Å². The third-order valence-electron chi connectivity index (χ3n) is 5.19. The summed E-state index contributed by atoms with van der Waals surface area (Å²) in [6.07, 6.45) is 3.50. The number of amides is 2. The third-order valence-corrected chi connectivity index (χ3v) is 5.19. The van der Waals surface area contributed by atoms with Gasteiger partial charge in [0.2, 0.25) is 5.91 Å². The van der Waals surface area contributed by atoms with E-state index in [4.69, 9.17) is 5.73 Å². The molecule has 0 bridgehead atoms. The molecule has 2 amide bonds. The third kappa shape index (κ3) is 4.95. The lowest BCUT2D eigenvalue weighted by Crippen LogP contribution is -2.47. The first kappa shape index (κ1) is 21.6. The molecule has 0 spiro atoms. The van der Waals surface area contributed by atoms with Crippen molar-refractivity contribution < 1.29 is 19.2 Å². The number of rotatable bonds is 8. The fraction of sp³-hybridized carbons (Fsp3) is 0.500. The fourth-order valence-corrected chi connectivity index (χ4v) is 3.42. The largest absolute Gasteiger partial charge is 0.371 e. The van der Waals surface area contributed by atoms with Crippen LogP contribution in [0.25, 0.3) is 0 Å². The van der Waals surface area contributed by atoms with E-state index in [2.05, 4.69) is 10.2 Å². The summed E-state index contributed by atoms with van der Waals surface area (Å²) in [6.45, 7) is 1.61. The Morgan fingerprint density at radius 2 is 2.00 bits per heavy atom. The lowest BCUT2D eigenvalue weighted by atomic mass is 10.0. The first-order valence-corrected chi connectivity index (χ1v) is 9.45. The maximum absolute atomic E-state index is 12.9. The zero-order chi connectivity index (χ0) is 20.7. The number of carbonyl (C=O) groups excluding carboxylic acids is 4. The smallest absolute Gasteiger partial charge is 0.255 e. The number of anilines is 1. The number of nitrogens with two attached hydrogens (primary N) is 1. The summed E-state index contributed by atoms with van der Waals surface area (Å²) in [5.74, 6) is -0.791. The Labute approximate surface area is 165 Å². The van der Waals surface area contributed by atoms with Gasteiger partial charge in [-0.15, -0.1) is 0 Å². The Balaban J connectivity index is 2.24. The number of hydrogen-bond donors (Lipinski definition) is 2. The summed E-state index contributed by atoms with van der Waals surface area (Å²) >= 11 is 0. The van der Waals surface area contributed by atoms with E-state index >= 15 is 0 Å². The molecule has 0 aliphatic carbocycles. The van der Waals surface area contributed by atoms with Gasteiger partial charge in [-0.3, -0.25) is 14.4 Å². The quantitative estimate of drug-likeness (QED) is 0.631. The van der Waals surface area contributed by atoms with Gasteiger partial charge in [0.05, 0.1) is 5.56 Å². The number of piperidine rings is 1. The Bertz CT molecular complexity index is 729. The minimum atomic E-state index is -0.787. The van der Waals surface area contributed by atoms with Crippen LogP contribution in [0.3, 0.4) is 0 Å². The number of likely N-dealkylation sites (N-methyl/N-ethyl adjacent to an activating group) is 2. The molecule has 0 aromatic heterocycles. The van der Waals surface area contributed by atoms with Gasteiger partial charge in [0, 0.05) is 50.9 Å². The second-order valence-corrected chi connectivity index (χ2v) is 7.00. The monoisotopic (exact) mass is 388 g/mol. The number of nitrogens with one attached hydrogen (secondary N) is 1. The van der Waals surface area contributed by atoms with Crippen LogP contribution in [-0.2, 0) is 9.59 Å². The van der Waals surface area contributed by atoms with Crippen molar-refractivity contribution in [3.05, 3.63) is 29.3 Å². The highest BCUT2D eigenvalue weighted by Crippen LogP contribution is 2.23. The second kappa shape index (κ2) is 9.98. The van der Waals surface area contributed by atoms with Gasteiger partial charge in [-0.2, -0.15) is 0 Å². The van der Waals surface area contributed by atoms with Crippen molar-refractivity contribution in [3.8, 4) is 0 Å². The molecule has 152 valence electrons. The molecule has 3 N–H and O–H groups in total. The predicted octanol–water partition coefficient (Wildman–Crippen LogP) is 0.592. The molecule has 1 aromatic rings. The molecule has 1 saturated heterocycles. The fourth-order valence-electron chi connectivity index (χ4n) is 3.42. The van der Waals surface area contributed by atoms with Crippen LogP contribution in [0.4, 0.5) is 5.69 Å². The molecule has 1 heterocycles. The molecule has 8 heteroatoms. The summed E-state index contributed by atoms with van der Waals surface area (Å²) in [5, 5.41) is 2.51. The van der Waals surface area contributed by atoms with Crippen LogP contribution in [0, 0.1) is 0 Å². The van der Waals surface area contributed by atoms with Gasteiger partial charge in [-0.25, -0.2) is 0 Å². The number of aldehydes is 2. The molecule has 0 saturated carbocycles. The van der Waals surface area contributed by atoms with E-state index in [1.165, 1.54) is 19.0 Å². The Morgan fingerprint density at radius 3 is 2.57 bits per heavy atom. The minimum absolute atomic E-state index is 0.159. The minimum Gasteiger partial charge on any atom is -0.371 e. The van der Waals surface area contributed by atoms with Crippen molar-refractivity contribution in [3.63, 3.8) is 0 Å².